The van der Waals surface area contributed by atoms with Crippen LogP contribution in [-0.2, 0) is 10.8 Å². The maximum atomic E-state index is 11.9. The van der Waals surface area contributed by atoms with Gasteiger partial charge in [-0.1, -0.05) is 18.2 Å². The summed E-state index contributed by atoms with van der Waals surface area (Å²) in [7, 11) is -0.717. The molecule has 142 valence electrons. The van der Waals surface area contributed by atoms with Gasteiger partial charge in [0.15, 0.2) is 0 Å². The van der Waals surface area contributed by atoms with Gasteiger partial charge < -0.3 is 10.6 Å². The molecule has 26 heavy (non-hydrogen) atoms. The van der Waals surface area contributed by atoms with Gasteiger partial charge in [0.2, 0.25) is 5.91 Å². The number of carbonyl (C=O) groups excluding carboxylic acids is 1. The molecule has 1 aromatic carbocycles. The number of carbonyl (C=O) groups is 1. The van der Waals surface area contributed by atoms with Crippen LogP contribution in [0.3, 0.4) is 0 Å². The Morgan fingerprint density at radius 2 is 2.04 bits per heavy atom. The molecule has 1 unspecified atom stereocenters. The fourth-order valence-electron chi connectivity index (χ4n) is 4.13. The van der Waals surface area contributed by atoms with Crippen LogP contribution in [0.1, 0.15) is 65.9 Å². The van der Waals surface area contributed by atoms with Crippen molar-refractivity contribution in [3.63, 3.8) is 0 Å². The van der Waals surface area contributed by atoms with E-state index in [4.69, 9.17) is 5.73 Å². The molecule has 1 aliphatic heterocycles. The van der Waals surface area contributed by atoms with Gasteiger partial charge in [-0.3, -0.25) is 9.00 Å². The first-order valence-electron chi connectivity index (χ1n) is 9.70. The Labute approximate surface area is 159 Å². The van der Waals surface area contributed by atoms with E-state index in [0.717, 1.165) is 56.6 Å². The Balaban J connectivity index is 1.74. The molecule has 0 spiro atoms. The molecule has 0 aromatic heterocycles. The second-order valence-electron chi connectivity index (χ2n) is 7.54. The van der Waals surface area contributed by atoms with E-state index in [1.54, 1.807) is 6.26 Å². The second-order valence-corrected chi connectivity index (χ2v) is 9.09. The van der Waals surface area contributed by atoms with Crippen LogP contribution in [0.25, 0.3) is 5.57 Å². The molecule has 2 aliphatic rings. The number of allylic oxidation sites excluding steroid dienone is 2. The molecule has 1 fully saturated rings. The lowest BCUT2D eigenvalue weighted by atomic mass is 9.84. The molecular formula is C21H30N2O2S. The van der Waals surface area contributed by atoms with Gasteiger partial charge in [0.05, 0.1) is 0 Å². The van der Waals surface area contributed by atoms with Crippen LogP contribution in [0, 0.1) is 0 Å². The maximum absolute atomic E-state index is 11.9. The molecular weight excluding hydrogens is 344 g/mol. The van der Waals surface area contributed by atoms with Crippen molar-refractivity contribution in [3.05, 3.63) is 41.0 Å². The molecule has 0 bridgehead atoms. The zero-order chi connectivity index (χ0) is 18.5. The number of piperidine rings is 1. The van der Waals surface area contributed by atoms with Crippen LogP contribution in [-0.4, -0.2) is 46.7 Å². The van der Waals surface area contributed by atoms with E-state index in [1.165, 1.54) is 24.0 Å². The van der Waals surface area contributed by atoms with Crippen molar-refractivity contribution in [2.75, 3.05) is 31.6 Å². The lowest BCUT2D eigenvalue weighted by Crippen LogP contribution is -2.35. The Kier molecular flexibility index (Phi) is 6.65. The van der Waals surface area contributed by atoms with Crippen LogP contribution in [0.15, 0.2) is 24.3 Å². The van der Waals surface area contributed by atoms with E-state index in [-0.39, 0.29) is 5.91 Å². The summed E-state index contributed by atoms with van der Waals surface area (Å²) in [6.45, 7) is 3.03. The highest BCUT2D eigenvalue weighted by Crippen LogP contribution is 2.34. The molecule has 1 aliphatic carbocycles. The van der Waals surface area contributed by atoms with E-state index < -0.39 is 10.8 Å². The minimum absolute atomic E-state index is 0.333. The molecule has 0 saturated carbocycles. The number of hydrogen-bond acceptors (Lipinski definition) is 3. The first-order chi connectivity index (χ1) is 12.5. The Bertz CT molecular complexity index is 706. The van der Waals surface area contributed by atoms with Gasteiger partial charge >= 0.3 is 0 Å². The number of primary amides is 1. The van der Waals surface area contributed by atoms with Gasteiger partial charge in [-0.05, 0) is 80.3 Å². The van der Waals surface area contributed by atoms with Crippen molar-refractivity contribution in [1.82, 2.24) is 4.90 Å². The van der Waals surface area contributed by atoms with Crippen molar-refractivity contribution >= 4 is 22.3 Å². The summed E-state index contributed by atoms with van der Waals surface area (Å²) in [5.74, 6) is 0.958. The quantitative estimate of drug-likeness (QED) is 0.831. The lowest BCUT2D eigenvalue weighted by molar-refractivity contribution is 0.1000. The van der Waals surface area contributed by atoms with Crippen molar-refractivity contribution in [1.29, 1.82) is 0 Å². The summed E-state index contributed by atoms with van der Waals surface area (Å²) in [6.07, 6.45) is 10.8. The Morgan fingerprint density at radius 1 is 1.27 bits per heavy atom. The summed E-state index contributed by atoms with van der Waals surface area (Å²) in [6, 6.07) is 6.24. The van der Waals surface area contributed by atoms with E-state index in [1.807, 2.05) is 6.07 Å². The molecule has 5 heteroatoms. The summed E-state index contributed by atoms with van der Waals surface area (Å²) in [5.41, 5.74) is 9.96. The van der Waals surface area contributed by atoms with Crippen LogP contribution < -0.4 is 5.73 Å². The van der Waals surface area contributed by atoms with Crippen LogP contribution >= 0.6 is 0 Å². The summed E-state index contributed by atoms with van der Waals surface area (Å²) >= 11 is 0. The average molecular weight is 375 g/mol. The zero-order valence-corrected chi connectivity index (χ0v) is 16.5. The number of nitrogens with two attached hydrogens (primary N) is 1. The van der Waals surface area contributed by atoms with E-state index in [2.05, 4.69) is 23.1 Å². The van der Waals surface area contributed by atoms with Crippen molar-refractivity contribution < 1.29 is 9.00 Å². The first-order valence-corrected chi connectivity index (χ1v) is 11.4. The van der Waals surface area contributed by atoms with Crippen LogP contribution in [0.5, 0.6) is 0 Å². The highest BCUT2D eigenvalue weighted by Gasteiger charge is 2.23. The molecule has 0 radical (unpaired) electrons. The molecule has 3 rings (SSSR count). The first kappa shape index (κ1) is 19.3. The van der Waals surface area contributed by atoms with Gasteiger partial charge in [0, 0.05) is 34.9 Å². The minimum atomic E-state index is -0.717. The van der Waals surface area contributed by atoms with E-state index in [0.29, 0.717) is 11.5 Å². The van der Waals surface area contributed by atoms with Crippen molar-refractivity contribution in [2.45, 2.75) is 44.4 Å². The number of benzene rings is 1. The van der Waals surface area contributed by atoms with Gasteiger partial charge in [-0.25, -0.2) is 0 Å². The molecule has 1 atom stereocenters. The molecule has 2 N–H and O–H groups in total. The fraction of sp³-hybridized carbons (Fsp3) is 0.571. The monoisotopic (exact) mass is 374 g/mol. The number of likely N-dealkylation sites (tertiary alicyclic amines) is 1. The topological polar surface area (TPSA) is 63.4 Å². The number of hydrogen-bond donors (Lipinski definition) is 1. The van der Waals surface area contributed by atoms with Gasteiger partial charge in [-0.15, -0.1) is 0 Å². The standard InChI is InChI=1S/C21H30N2O2S/c1-26(25)14-13-23-11-9-16(10-12-23)18-7-8-19(21(22)24)20(15-18)17-5-3-2-4-6-17/h5,7-8,15-16H,2-4,6,9-14H2,1H3,(H2,22,24). The largest absolute Gasteiger partial charge is 0.366 e. The fourth-order valence-corrected chi connectivity index (χ4v) is 4.64. The van der Waals surface area contributed by atoms with Crippen LogP contribution in [0.2, 0.25) is 0 Å². The number of nitrogens with zero attached hydrogens (tertiary/aromatic N) is 1. The smallest absolute Gasteiger partial charge is 0.249 e. The molecule has 4 nitrogen and oxygen atoms in total. The highest BCUT2D eigenvalue weighted by atomic mass is 32.2. The van der Waals surface area contributed by atoms with Crippen molar-refractivity contribution in [2.24, 2.45) is 5.73 Å². The van der Waals surface area contributed by atoms with E-state index in [9.17, 15) is 9.00 Å². The Morgan fingerprint density at radius 3 is 2.65 bits per heavy atom. The SMILES string of the molecule is CS(=O)CCN1CCC(c2ccc(C(N)=O)c(C3=CCCCC3)c2)CC1. The number of amides is 1. The predicted molar refractivity (Wildman–Crippen MR) is 109 cm³/mol. The average Bonchev–Trinajstić information content (AvgIpc) is 2.67. The third-order valence-corrected chi connectivity index (χ3v) is 6.46. The molecule has 1 saturated heterocycles. The highest BCUT2D eigenvalue weighted by molar-refractivity contribution is 7.84. The zero-order valence-electron chi connectivity index (χ0n) is 15.7. The van der Waals surface area contributed by atoms with Crippen molar-refractivity contribution in [3.8, 4) is 0 Å². The molecule has 1 heterocycles. The number of rotatable bonds is 6. The maximum Gasteiger partial charge on any atom is 0.249 e. The van der Waals surface area contributed by atoms with E-state index >= 15 is 0 Å². The third-order valence-electron chi connectivity index (χ3n) is 5.70. The van der Waals surface area contributed by atoms with Gasteiger partial charge in [0.25, 0.3) is 0 Å². The normalized spacial score (nSPS) is 20.6. The van der Waals surface area contributed by atoms with Gasteiger partial charge in [0.1, 0.15) is 0 Å². The summed E-state index contributed by atoms with van der Waals surface area (Å²) in [4.78, 5) is 14.3. The predicted octanol–water partition coefficient (Wildman–Crippen LogP) is 3.30. The minimum Gasteiger partial charge on any atom is -0.366 e. The second kappa shape index (κ2) is 8.96. The van der Waals surface area contributed by atoms with Gasteiger partial charge in [-0.2, -0.15) is 0 Å². The summed E-state index contributed by atoms with van der Waals surface area (Å²) < 4.78 is 11.3. The molecule has 1 aromatic rings. The summed E-state index contributed by atoms with van der Waals surface area (Å²) in [5, 5.41) is 0. The third kappa shape index (κ3) is 4.83. The van der Waals surface area contributed by atoms with Crippen LogP contribution in [0.4, 0.5) is 0 Å². The Hall–Kier alpha value is -1.46. The lowest BCUT2D eigenvalue weighted by Gasteiger charge is -2.32. The molecule has 1 amide bonds.